The number of hydrogen-bond acceptors (Lipinski definition) is 2. The van der Waals surface area contributed by atoms with E-state index in [1.165, 1.54) is 0 Å². The van der Waals surface area contributed by atoms with Crippen LogP contribution < -0.4 is 5.73 Å². The van der Waals surface area contributed by atoms with Crippen LogP contribution in [-0.4, -0.2) is 0 Å². The van der Waals surface area contributed by atoms with Gasteiger partial charge in [0.15, 0.2) is 0 Å². The van der Waals surface area contributed by atoms with E-state index in [0.717, 1.165) is 0 Å². The first-order valence-electron chi connectivity index (χ1n) is 3.71. The van der Waals surface area contributed by atoms with Crippen LogP contribution >= 0.6 is 23.2 Å². The largest absolute Gasteiger partial charge is 0.397 e. The lowest BCUT2D eigenvalue weighted by Gasteiger charge is -2.08. The van der Waals surface area contributed by atoms with Crippen molar-refractivity contribution in [3.63, 3.8) is 0 Å². The second kappa shape index (κ2) is 3.87. The van der Waals surface area contributed by atoms with E-state index in [-0.39, 0.29) is 5.92 Å². The van der Waals surface area contributed by atoms with Crippen molar-refractivity contribution >= 4 is 28.9 Å². The molecule has 0 spiro atoms. The molecule has 0 fully saturated rings. The van der Waals surface area contributed by atoms with Crippen LogP contribution in [-0.2, 0) is 0 Å². The van der Waals surface area contributed by atoms with Gasteiger partial charge in [0.25, 0.3) is 0 Å². The molecule has 0 heterocycles. The third-order valence-electron chi connectivity index (χ3n) is 1.80. The zero-order chi connectivity index (χ0) is 10.0. The molecule has 0 radical (unpaired) electrons. The third-order valence-corrected chi connectivity index (χ3v) is 2.71. The number of rotatable bonds is 1. The lowest BCUT2D eigenvalue weighted by molar-refractivity contribution is 0.983. The van der Waals surface area contributed by atoms with E-state index < -0.39 is 0 Å². The lowest BCUT2D eigenvalue weighted by Crippen LogP contribution is -1.94. The molecule has 0 bridgehead atoms. The molecule has 2 N–H and O–H groups in total. The van der Waals surface area contributed by atoms with Crippen LogP contribution in [0.15, 0.2) is 12.1 Å². The summed E-state index contributed by atoms with van der Waals surface area (Å²) >= 11 is 11.7. The highest BCUT2D eigenvalue weighted by atomic mass is 35.5. The molecule has 68 valence electrons. The molecule has 1 aromatic carbocycles. The Morgan fingerprint density at radius 3 is 2.54 bits per heavy atom. The first-order chi connectivity index (χ1) is 6.07. The highest BCUT2D eigenvalue weighted by Crippen LogP contribution is 2.34. The predicted octanol–water partition coefficient (Wildman–Crippen LogP) is 3.20. The van der Waals surface area contributed by atoms with Crippen molar-refractivity contribution in [1.29, 1.82) is 5.26 Å². The molecule has 0 aliphatic heterocycles. The van der Waals surface area contributed by atoms with Crippen molar-refractivity contribution in [1.82, 2.24) is 0 Å². The van der Waals surface area contributed by atoms with Gasteiger partial charge >= 0.3 is 0 Å². The summed E-state index contributed by atoms with van der Waals surface area (Å²) in [5.74, 6) is -0.273. The van der Waals surface area contributed by atoms with Crippen LogP contribution in [0.1, 0.15) is 18.4 Å². The van der Waals surface area contributed by atoms with E-state index in [9.17, 15) is 0 Å². The minimum absolute atomic E-state index is 0.273. The minimum atomic E-state index is -0.273. The summed E-state index contributed by atoms with van der Waals surface area (Å²) in [4.78, 5) is 0. The summed E-state index contributed by atoms with van der Waals surface area (Å²) in [7, 11) is 0. The normalized spacial score (nSPS) is 12.2. The number of benzene rings is 1. The Morgan fingerprint density at radius 2 is 2.00 bits per heavy atom. The van der Waals surface area contributed by atoms with E-state index in [2.05, 4.69) is 6.07 Å². The molecule has 0 aliphatic rings. The summed E-state index contributed by atoms with van der Waals surface area (Å²) in [6, 6.07) is 5.45. The second-order valence-corrected chi connectivity index (χ2v) is 3.48. The topological polar surface area (TPSA) is 49.8 Å². The van der Waals surface area contributed by atoms with Gasteiger partial charge in [-0.25, -0.2) is 0 Å². The minimum Gasteiger partial charge on any atom is -0.397 e. The Labute approximate surface area is 86.9 Å². The highest BCUT2D eigenvalue weighted by Gasteiger charge is 2.12. The van der Waals surface area contributed by atoms with E-state index in [0.29, 0.717) is 21.3 Å². The Morgan fingerprint density at radius 1 is 1.38 bits per heavy atom. The van der Waals surface area contributed by atoms with Crippen molar-refractivity contribution in [2.45, 2.75) is 12.8 Å². The van der Waals surface area contributed by atoms with Gasteiger partial charge in [0.05, 0.1) is 27.7 Å². The average molecular weight is 215 g/mol. The fourth-order valence-electron chi connectivity index (χ4n) is 0.983. The Balaban J connectivity index is 3.28. The molecular formula is C9H8Cl2N2. The number of nitriles is 1. The molecular weight excluding hydrogens is 207 g/mol. The number of hydrogen-bond donors (Lipinski definition) is 1. The van der Waals surface area contributed by atoms with E-state index >= 15 is 0 Å². The van der Waals surface area contributed by atoms with Crippen LogP contribution in [0.5, 0.6) is 0 Å². The van der Waals surface area contributed by atoms with E-state index in [4.69, 9.17) is 34.2 Å². The Hall–Kier alpha value is -0.910. The van der Waals surface area contributed by atoms with Gasteiger partial charge in [0.1, 0.15) is 0 Å². The summed E-state index contributed by atoms with van der Waals surface area (Å²) in [6.07, 6.45) is 0. The number of nitrogens with zero attached hydrogens (tertiary/aromatic N) is 1. The van der Waals surface area contributed by atoms with E-state index in [1.54, 1.807) is 19.1 Å². The smallest absolute Gasteiger partial charge is 0.0824 e. The summed E-state index contributed by atoms with van der Waals surface area (Å²) in [6.45, 7) is 1.76. The van der Waals surface area contributed by atoms with Gasteiger partial charge in [-0.3, -0.25) is 0 Å². The van der Waals surface area contributed by atoms with Gasteiger partial charge < -0.3 is 5.73 Å². The third kappa shape index (κ3) is 1.88. The Bertz CT molecular complexity index is 369. The van der Waals surface area contributed by atoms with Gasteiger partial charge in [-0.2, -0.15) is 5.26 Å². The number of nitrogens with two attached hydrogens (primary N) is 1. The fourth-order valence-corrected chi connectivity index (χ4v) is 1.49. The molecule has 2 nitrogen and oxygen atoms in total. The van der Waals surface area contributed by atoms with Crippen LogP contribution in [0, 0.1) is 11.3 Å². The molecule has 0 saturated heterocycles. The second-order valence-electron chi connectivity index (χ2n) is 2.72. The van der Waals surface area contributed by atoms with Crippen molar-refractivity contribution in [2.24, 2.45) is 0 Å². The first kappa shape index (κ1) is 10.2. The maximum Gasteiger partial charge on any atom is 0.0824 e. The first-order valence-corrected chi connectivity index (χ1v) is 4.46. The van der Waals surface area contributed by atoms with E-state index in [1.807, 2.05) is 0 Å². The van der Waals surface area contributed by atoms with Gasteiger partial charge in [-0.15, -0.1) is 0 Å². The van der Waals surface area contributed by atoms with Gasteiger partial charge in [-0.05, 0) is 18.6 Å². The zero-order valence-corrected chi connectivity index (χ0v) is 8.52. The van der Waals surface area contributed by atoms with Crippen molar-refractivity contribution in [3.8, 4) is 6.07 Å². The molecule has 0 aliphatic carbocycles. The molecule has 1 unspecified atom stereocenters. The van der Waals surface area contributed by atoms with Crippen LogP contribution in [0.3, 0.4) is 0 Å². The fraction of sp³-hybridized carbons (Fsp3) is 0.222. The number of halogens is 2. The number of anilines is 1. The summed E-state index contributed by atoms with van der Waals surface area (Å²) in [5.41, 5.74) is 6.67. The molecule has 13 heavy (non-hydrogen) atoms. The molecule has 0 saturated carbocycles. The van der Waals surface area contributed by atoms with Crippen molar-refractivity contribution < 1.29 is 0 Å². The van der Waals surface area contributed by atoms with Gasteiger partial charge in [-0.1, -0.05) is 29.3 Å². The van der Waals surface area contributed by atoms with Crippen molar-refractivity contribution in [2.75, 3.05) is 5.73 Å². The SMILES string of the molecule is CC(C#N)c1ccc(N)c(Cl)c1Cl. The molecule has 4 heteroatoms. The van der Waals surface area contributed by atoms with Crippen LogP contribution in [0.2, 0.25) is 10.0 Å². The quantitative estimate of drug-likeness (QED) is 0.731. The molecule has 1 atom stereocenters. The van der Waals surface area contributed by atoms with Crippen LogP contribution in [0.4, 0.5) is 5.69 Å². The van der Waals surface area contributed by atoms with Crippen LogP contribution in [0.25, 0.3) is 0 Å². The number of nitrogen functional groups attached to an aromatic ring is 1. The molecule has 0 amide bonds. The standard InChI is InChI=1S/C9H8Cl2N2/c1-5(4-12)6-2-3-7(13)9(11)8(6)10/h2-3,5H,13H2,1H3. The molecule has 1 aromatic rings. The van der Waals surface area contributed by atoms with Crippen molar-refractivity contribution in [3.05, 3.63) is 27.7 Å². The summed E-state index contributed by atoms with van der Waals surface area (Å²) in [5, 5.41) is 9.38. The maximum atomic E-state index is 8.69. The lowest BCUT2D eigenvalue weighted by atomic mass is 10.0. The monoisotopic (exact) mass is 214 g/mol. The maximum absolute atomic E-state index is 8.69. The predicted molar refractivity (Wildman–Crippen MR) is 54.9 cm³/mol. The molecule has 1 rings (SSSR count). The Kier molecular flexibility index (Phi) is 3.02. The molecule has 0 aromatic heterocycles. The van der Waals surface area contributed by atoms with Gasteiger partial charge in [0, 0.05) is 0 Å². The zero-order valence-electron chi connectivity index (χ0n) is 7.01. The summed E-state index contributed by atoms with van der Waals surface area (Å²) < 4.78 is 0. The van der Waals surface area contributed by atoms with Gasteiger partial charge in [0.2, 0.25) is 0 Å². The highest BCUT2D eigenvalue weighted by molar-refractivity contribution is 6.44. The average Bonchev–Trinajstić information content (AvgIpc) is 2.13.